The molecule has 1 saturated carbocycles. The van der Waals surface area contributed by atoms with Crippen LogP contribution in [-0.2, 0) is 0 Å². The molecule has 0 saturated heterocycles. The van der Waals surface area contributed by atoms with E-state index < -0.39 is 0 Å². The Morgan fingerprint density at radius 1 is 1.33 bits per heavy atom. The zero-order chi connectivity index (χ0) is 6.69. The van der Waals surface area contributed by atoms with Gasteiger partial charge in [0.1, 0.15) is 0 Å². The monoisotopic (exact) mass is 191 g/mol. The van der Waals surface area contributed by atoms with E-state index >= 15 is 0 Å². The Morgan fingerprint density at radius 2 is 2.00 bits per heavy atom. The zero-order valence-electron chi connectivity index (χ0n) is 5.65. The molecule has 0 bridgehead atoms. The van der Waals surface area contributed by atoms with Crippen LogP contribution in [0.2, 0.25) is 0 Å². The number of hydrogen-bond donors (Lipinski definition) is 1. The van der Waals surface area contributed by atoms with Crippen molar-refractivity contribution in [2.24, 2.45) is 11.7 Å². The summed E-state index contributed by atoms with van der Waals surface area (Å²) in [6, 6.07) is 0. The molecule has 0 radical (unpaired) electrons. The van der Waals surface area contributed by atoms with Gasteiger partial charge < -0.3 is 5.73 Å². The molecule has 0 amide bonds. The van der Waals surface area contributed by atoms with Crippen LogP contribution in [0.3, 0.4) is 0 Å². The Balaban J connectivity index is 2.30. The fraction of sp³-hybridized carbons (Fsp3) is 1.00. The fourth-order valence-corrected chi connectivity index (χ4v) is 2.23. The van der Waals surface area contributed by atoms with E-state index in [0.717, 1.165) is 12.5 Å². The van der Waals surface area contributed by atoms with Gasteiger partial charge in [-0.15, -0.1) is 0 Å². The highest BCUT2D eigenvalue weighted by atomic mass is 79.9. The first kappa shape index (κ1) is 7.55. The molecule has 2 heteroatoms. The number of alkyl halides is 1. The van der Waals surface area contributed by atoms with Crippen molar-refractivity contribution in [3.8, 4) is 0 Å². The average Bonchev–Trinajstić information content (AvgIpc) is 1.89. The Labute approximate surface area is 65.1 Å². The minimum Gasteiger partial charge on any atom is -0.330 e. The van der Waals surface area contributed by atoms with Gasteiger partial charge in [0.25, 0.3) is 0 Å². The Kier molecular flexibility index (Phi) is 2.99. The van der Waals surface area contributed by atoms with Crippen molar-refractivity contribution < 1.29 is 0 Å². The molecule has 2 atom stereocenters. The van der Waals surface area contributed by atoms with Crippen LogP contribution >= 0.6 is 15.9 Å². The highest BCUT2D eigenvalue weighted by Gasteiger charge is 2.20. The van der Waals surface area contributed by atoms with Crippen molar-refractivity contribution in [3.63, 3.8) is 0 Å². The van der Waals surface area contributed by atoms with E-state index in [9.17, 15) is 0 Å². The molecule has 0 aromatic rings. The van der Waals surface area contributed by atoms with Crippen molar-refractivity contribution in [1.82, 2.24) is 0 Å². The van der Waals surface area contributed by atoms with Crippen molar-refractivity contribution in [3.05, 3.63) is 0 Å². The smallest absolute Gasteiger partial charge is 0.0186 e. The Bertz CT molecular complexity index is 85.0. The van der Waals surface area contributed by atoms with Crippen molar-refractivity contribution in [2.75, 3.05) is 6.54 Å². The largest absolute Gasteiger partial charge is 0.330 e. The normalized spacial score (nSPS) is 36.7. The van der Waals surface area contributed by atoms with E-state index in [2.05, 4.69) is 15.9 Å². The maximum absolute atomic E-state index is 5.56. The molecule has 1 aliphatic rings. The van der Waals surface area contributed by atoms with Gasteiger partial charge in [-0.05, 0) is 25.3 Å². The molecular weight excluding hydrogens is 178 g/mol. The fourth-order valence-electron chi connectivity index (χ4n) is 1.43. The molecule has 0 heterocycles. The van der Waals surface area contributed by atoms with Crippen LogP contribution in [0, 0.1) is 5.92 Å². The predicted octanol–water partition coefficient (Wildman–Crippen LogP) is 1.90. The number of halogens is 1. The van der Waals surface area contributed by atoms with E-state index in [0.29, 0.717) is 4.83 Å². The van der Waals surface area contributed by atoms with Crippen LogP contribution in [-0.4, -0.2) is 11.4 Å². The van der Waals surface area contributed by atoms with Gasteiger partial charge >= 0.3 is 0 Å². The van der Waals surface area contributed by atoms with E-state index in [1.54, 1.807) is 0 Å². The lowest BCUT2D eigenvalue weighted by molar-refractivity contribution is 0.383. The first-order valence-electron chi connectivity index (χ1n) is 3.68. The van der Waals surface area contributed by atoms with Gasteiger partial charge in [-0.25, -0.2) is 0 Å². The van der Waals surface area contributed by atoms with Crippen LogP contribution in [0.5, 0.6) is 0 Å². The molecular formula is C7H14BrN. The molecule has 0 spiro atoms. The molecule has 1 rings (SSSR count). The van der Waals surface area contributed by atoms with E-state index in [1.165, 1.54) is 25.7 Å². The Morgan fingerprint density at radius 3 is 2.44 bits per heavy atom. The van der Waals surface area contributed by atoms with Crippen molar-refractivity contribution in [1.29, 1.82) is 0 Å². The summed E-state index contributed by atoms with van der Waals surface area (Å²) in [7, 11) is 0. The highest BCUT2D eigenvalue weighted by molar-refractivity contribution is 9.09. The van der Waals surface area contributed by atoms with Gasteiger partial charge in [0.15, 0.2) is 0 Å². The average molecular weight is 192 g/mol. The van der Waals surface area contributed by atoms with Gasteiger partial charge in [0, 0.05) is 4.83 Å². The SMILES string of the molecule is NCC1CCCCC1Br. The lowest BCUT2D eigenvalue weighted by atomic mass is 9.89. The molecule has 2 unspecified atom stereocenters. The lowest BCUT2D eigenvalue weighted by Gasteiger charge is -2.25. The third kappa shape index (κ3) is 1.94. The molecule has 0 aliphatic heterocycles. The van der Waals surface area contributed by atoms with Gasteiger partial charge in [-0.1, -0.05) is 28.8 Å². The van der Waals surface area contributed by atoms with E-state index in [1.807, 2.05) is 0 Å². The zero-order valence-corrected chi connectivity index (χ0v) is 7.23. The maximum Gasteiger partial charge on any atom is 0.0186 e. The maximum atomic E-state index is 5.56. The summed E-state index contributed by atoms with van der Waals surface area (Å²) in [6.45, 7) is 0.857. The van der Waals surface area contributed by atoms with Crippen molar-refractivity contribution in [2.45, 2.75) is 30.5 Å². The minimum atomic E-state index is 0.705. The summed E-state index contributed by atoms with van der Waals surface area (Å²) in [4.78, 5) is 0.705. The van der Waals surface area contributed by atoms with Gasteiger partial charge in [0.2, 0.25) is 0 Å². The second-order valence-electron chi connectivity index (χ2n) is 2.80. The molecule has 1 nitrogen and oxygen atoms in total. The first-order valence-corrected chi connectivity index (χ1v) is 4.60. The highest BCUT2D eigenvalue weighted by Crippen LogP contribution is 2.28. The summed E-state index contributed by atoms with van der Waals surface area (Å²) in [5.74, 6) is 0.749. The van der Waals surface area contributed by atoms with E-state index in [4.69, 9.17) is 5.73 Å². The summed E-state index contributed by atoms with van der Waals surface area (Å²) < 4.78 is 0. The van der Waals surface area contributed by atoms with Gasteiger partial charge in [0.05, 0.1) is 0 Å². The number of hydrogen-bond acceptors (Lipinski definition) is 1. The van der Waals surface area contributed by atoms with Crippen LogP contribution in [0.15, 0.2) is 0 Å². The van der Waals surface area contributed by atoms with Crippen LogP contribution in [0.4, 0.5) is 0 Å². The molecule has 1 fully saturated rings. The van der Waals surface area contributed by atoms with E-state index in [-0.39, 0.29) is 0 Å². The molecule has 1 aliphatic carbocycles. The predicted molar refractivity (Wildman–Crippen MR) is 43.7 cm³/mol. The molecule has 54 valence electrons. The summed E-state index contributed by atoms with van der Waals surface area (Å²) >= 11 is 3.63. The number of nitrogens with two attached hydrogens (primary N) is 1. The van der Waals surface area contributed by atoms with Crippen LogP contribution in [0.1, 0.15) is 25.7 Å². The minimum absolute atomic E-state index is 0.705. The summed E-state index contributed by atoms with van der Waals surface area (Å²) in [5.41, 5.74) is 5.56. The standard InChI is InChI=1S/C7H14BrN/c8-7-4-2-1-3-6(7)5-9/h6-7H,1-5,9H2. The van der Waals surface area contributed by atoms with Crippen LogP contribution < -0.4 is 5.73 Å². The quantitative estimate of drug-likeness (QED) is 0.631. The van der Waals surface area contributed by atoms with Gasteiger partial charge in [-0.3, -0.25) is 0 Å². The Hall–Kier alpha value is 0.440. The first-order chi connectivity index (χ1) is 4.34. The second kappa shape index (κ2) is 3.57. The molecule has 0 aromatic carbocycles. The van der Waals surface area contributed by atoms with Gasteiger partial charge in [-0.2, -0.15) is 0 Å². The molecule has 9 heavy (non-hydrogen) atoms. The third-order valence-electron chi connectivity index (χ3n) is 2.12. The van der Waals surface area contributed by atoms with Crippen molar-refractivity contribution >= 4 is 15.9 Å². The molecule has 2 N–H and O–H groups in total. The topological polar surface area (TPSA) is 26.0 Å². The van der Waals surface area contributed by atoms with Crippen LogP contribution in [0.25, 0.3) is 0 Å². The lowest BCUT2D eigenvalue weighted by Crippen LogP contribution is -2.26. The summed E-state index contributed by atoms with van der Waals surface area (Å²) in [6.07, 6.45) is 5.41. The third-order valence-corrected chi connectivity index (χ3v) is 3.32. The number of rotatable bonds is 1. The second-order valence-corrected chi connectivity index (χ2v) is 3.97. The molecule has 0 aromatic heterocycles. The summed E-state index contributed by atoms with van der Waals surface area (Å²) in [5, 5.41) is 0.